The predicted molar refractivity (Wildman–Crippen MR) is 93.5 cm³/mol. The minimum Gasteiger partial charge on any atom is -0.371 e. The second kappa shape index (κ2) is 7.81. The summed E-state index contributed by atoms with van der Waals surface area (Å²) >= 11 is 1.42. The Balaban J connectivity index is 1.49. The van der Waals surface area contributed by atoms with E-state index in [0.29, 0.717) is 18.9 Å². The van der Waals surface area contributed by atoms with Crippen LogP contribution in [0.15, 0.2) is 53.4 Å². The zero-order valence-corrected chi connectivity index (χ0v) is 14.4. The summed E-state index contributed by atoms with van der Waals surface area (Å²) in [5.41, 5.74) is 2.53. The highest BCUT2D eigenvalue weighted by Gasteiger charge is 2.22. The molecule has 0 bridgehead atoms. The molecule has 0 radical (unpaired) electrons. The summed E-state index contributed by atoms with van der Waals surface area (Å²) in [7, 11) is 1.80. The summed E-state index contributed by atoms with van der Waals surface area (Å²) in [6.45, 7) is 1.18. The van der Waals surface area contributed by atoms with Gasteiger partial charge in [-0.05, 0) is 35.4 Å². The van der Waals surface area contributed by atoms with E-state index in [1.807, 2.05) is 12.1 Å². The molecule has 0 aromatic heterocycles. The molecule has 1 heterocycles. The number of nitrogens with zero attached hydrogens (tertiary/aromatic N) is 1. The van der Waals surface area contributed by atoms with Crippen molar-refractivity contribution >= 4 is 17.7 Å². The lowest BCUT2D eigenvalue weighted by molar-refractivity contribution is -0.129. The highest BCUT2D eigenvalue weighted by molar-refractivity contribution is 8.00. The second-order valence-corrected chi connectivity index (χ2v) is 6.97. The van der Waals surface area contributed by atoms with Crippen molar-refractivity contribution in [3.8, 4) is 0 Å². The van der Waals surface area contributed by atoms with Crippen molar-refractivity contribution in [3.63, 3.8) is 0 Å². The van der Waals surface area contributed by atoms with Crippen LogP contribution in [0.4, 0.5) is 4.39 Å². The quantitative estimate of drug-likeness (QED) is 0.777. The van der Waals surface area contributed by atoms with Gasteiger partial charge in [-0.25, -0.2) is 4.39 Å². The van der Waals surface area contributed by atoms with Crippen molar-refractivity contribution in [3.05, 3.63) is 65.5 Å². The average molecular weight is 345 g/mol. The van der Waals surface area contributed by atoms with Crippen LogP contribution in [0.3, 0.4) is 0 Å². The number of carbonyl (C=O) groups is 1. The number of rotatable bonds is 5. The van der Waals surface area contributed by atoms with Crippen LogP contribution in [0.1, 0.15) is 11.1 Å². The Kier molecular flexibility index (Phi) is 5.53. The Hall–Kier alpha value is -1.85. The summed E-state index contributed by atoms with van der Waals surface area (Å²) in [5.74, 6) is 0.120. The third-order valence-electron chi connectivity index (χ3n) is 4.12. The van der Waals surface area contributed by atoms with Gasteiger partial charge >= 0.3 is 0 Å². The zero-order chi connectivity index (χ0) is 16.9. The highest BCUT2D eigenvalue weighted by Crippen LogP contribution is 2.22. The third-order valence-corrected chi connectivity index (χ3v) is 5.12. The molecule has 0 saturated heterocycles. The molecule has 0 spiro atoms. The SMILES string of the molecule is CN(CC1Cc2ccccc2CO1)C(=O)CSc1ccc(F)cc1. The Morgan fingerprint density at radius 2 is 1.92 bits per heavy atom. The van der Waals surface area contributed by atoms with E-state index >= 15 is 0 Å². The molecule has 1 amide bonds. The van der Waals surface area contributed by atoms with E-state index in [1.54, 1.807) is 24.1 Å². The predicted octanol–water partition coefficient (Wildman–Crippen LogP) is 3.52. The number of hydrogen-bond donors (Lipinski definition) is 0. The van der Waals surface area contributed by atoms with Gasteiger partial charge in [-0.15, -0.1) is 11.8 Å². The molecule has 0 saturated carbocycles. The van der Waals surface area contributed by atoms with Crippen LogP contribution in [0, 0.1) is 5.82 Å². The summed E-state index contributed by atoms with van der Waals surface area (Å²) in [6.07, 6.45) is 0.864. The van der Waals surface area contributed by atoms with E-state index in [1.165, 1.54) is 35.0 Å². The lowest BCUT2D eigenvalue weighted by Crippen LogP contribution is -2.39. The summed E-state index contributed by atoms with van der Waals surface area (Å²) in [4.78, 5) is 14.9. The Labute approximate surface area is 145 Å². The molecule has 0 N–H and O–H groups in total. The number of benzene rings is 2. The maximum Gasteiger partial charge on any atom is 0.232 e. The first-order valence-corrected chi connectivity index (χ1v) is 8.91. The number of likely N-dealkylation sites (N-methyl/N-ethyl adjacent to an activating group) is 1. The molecule has 0 fully saturated rings. The normalized spacial score (nSPS) is 16.5. The van der Waals surface area contributed by atoms with Gasteiger partial charge in [0, 0.05) is 24.9 Å². The second-order valence-electron chi connectivity index (χ2n) is 5.92. The largest absolute Gasteiger partial charge is 0.371 e. The topological polar surface area (TPSA) is 29.5 Å². The van der Waals surface area contributed by atoms with Gasteiger partial charge in [0.25, 0.3) is 0 Å². The number of amides is 1. The van der Waals surface area contributed by atoms with E-state index in [0.717, 1.165) is 11.3 Å². The summed E-state index contributed by atoms with van der Waals surface area (Å²) < 4.78 is 18.7. The molecule has 24 heavy (non-hydrogen) atoms. The number of fused-ring (bicyclic) bond motifs is 1. The van der Waals surface area contributed by atoms with E-state index < -0.39 is 0 Å². The van der Waals surface area contributed by atoms with Crippen LogP contribution in [0.2, 0.25) is 0 Å². The van der Waals surface area contributed by atoms with Crippen molar-refractivity contribution in [2.45, 2.75) is 24.0 Å². The maximum absolute atomic E-state index is 12.9. The molecule has 1 unspecified atom stereocenters. The van der Waals surface area contributed by atoms with Gasteiger partial charge in [-0.3, -0.25) is 4.79 Å². The Morgan fingerprint density at radius 3 is 2.67 bits per heavy atom. The zero-order valence-electron chi connectivity index (χ0n) is 13.6. The van der Waals surface area contributed by atoms with E-state index in [4.69, 9.17) is 4.74 Å². The van der Waals surface area contributed by atoms with Gasteiger partial charge in [-0.1, -0.05) is 24.3 Å². The van der Waals surface area contributed by atoms with Gasteiger partial charge in [-0.2, -0.15) is 0 Å². The monoisotopic (exact) mass is 345 g/mol. The maximum atomic E-state index is 12.9. The summed E-state index contributed by atoms with van der Waals surface area (Å²) in [5, 5.41) is 0. The lowest BCUT2D eigenvalue weighted by Gasteiger charge is -2.29. The third kappa shape index (κ3) is 4.36. The standard InChI is InChI=1S/C19H20FNO2S/c1-21(19(22)13-24-18-8-6-16(20)7-9-18)11-17-10-14-4-2-3-5-15(14)12-23-17/h2-9,17H,10-13H2,1H3. The molecular formula is C19H20FNO2S. The molecule has 3 nitrogen and oxygen atoms in total. The van der Waals surface area contributed by atoms with Crippen LogP contribution in [-0.4, -0.2) is 36.3 Å². The molecule has 0 aliphatic carbocycles. The fraction of sp³-hybridized carbons (Fsp3) is 0.316. The van der Waals surface area contributed by atoms with Gasteiger partial charge < -0.3 is 9.64 Å². The first-order valence-electron chi connectivity index (χ1n) is 7.92. The minimum absolute atomic E-state index is 0.0321. The van der Waals surface area contributed by atoms with E-state index in [2.05, 4.69) is 12.1 Å². The number of hydrogen-bond acceptors (Lipinski definition) is 3. The van der Waals surface area contributed by atoms with Crippen LogP contribution in [-0.2, 0) is 22.6 Å². The van der Waals surface area contributed by atoms with Gasteiger partial charge in [0.05, 0.1) is 18.5 Å². The first-order chi connectivity index (χ1) is 11.6. The molecule has 126 valence electrons. The number of carbonyl (C=O) groups excluding carboxylic acids is 1. The molecule has 2 aromatic carbocycles. The number of halogens is 1. The van der Waals surface area contributed by atoms with Crippen molar-refractivity contribution in [1.29, 1.82) is 0 Å². The van der Waals surface area contributed by atoms with E-state index in [9.17, 15) is 9.18 Å². The smallest absolute Gasteiger partial charge is 0.232 e. The fourth-order valence-corrected chi connectivity index (χ4v) is 3.56. The molecule has 2 aromatic rings. The molecule has 5 heteroatoms. The van der Waals surface area contributed by atoms with Crippen LogP contribution >= 0.6 is 11.8 Å². The van der Waals surface area contributed by atoms with Crippen LogP contribution < -0.4 is 0 Å². The molecule has 3 rings (SSSR count). The average Bonchev–Trinajstić information content (AvgIpc) is 2.61. The Morgan fingerprint density at radius 1 is 1.21 bits per heavy atom. The molecule has 1 aliphatic rings. The number of ether oxygens (including phenoxy) is 1. The molecular weight excluding hydrogens is 325 g/mol. The van der Waals surface area contributed by atoms with Crippen molar-refractivity contribution in [2.75, 3.05) is 19.3 Å². The lowest BCUT2D eigenvalue weighted by atomic mass is 9.99. The van der Waals surface area contributed by atoms with Crippen molar-refractivity contribution in [2.24, 2.45) is 0 Å². The van der Waals surface area contributed by atoms with Crippen LogP contribution in [0.25, 0.3) is 0 Å². The first kappa shape index (κ1) is 17.0. The van der Waals surface area contributed by atoms with Gasteiger partial charge in [0.2, 0.25) is 5.91 Å². The van der Waals surface area contributed by atoms with Gasteiger partial charge in [0.1, 0.15) is 5.82 Å². The summed E-state index contributed by atoms with van der Waals surface area (Å²) in [6, 6.07) is 14.5. The fourth-order valence-electron chi connectivity index (χ4n) is 2.72. The molecule has 1 atom stereocenters. The number of thioether (sulfide) groups is 1. The van der Waals surface area contributed by atoms with Crippen LogP contribution in [0.5, 0.6) is 0 Å². The highest BCUT2D eigenvalue weighted by atomic mass is 32.2. The van der Waals surface area contributed by atoms with Crippen molar-refractivity contribution < 1.29 is 13.9 Å². The van der Waals surface area contributed by atoms with E-state index in [-0.39, 0.29) is 17.8 Å². The van der Waals surface area contributed by atoms with Gasteiger partial charge in [0.15, 0.2) is 0 Å². The Bertz CT molecular complexity index is 705. The van der Waals surface area contributed by atoms with Crippen molar-refractivity contribution in [1.82, 2.24) is 4.90 Å². The minimum atomic E-state index is -0.266. The molecule has 1 aliphatic heterocycles.